The van der Waals surface area contributed by atoms with Crippen molar-refractivity contribution in [3.8, 4) is 11.8 Å². The standard InChI is InChI=1S/C25H28N6O2/c1-17-11-21(19(3)30(17)14-24-5-4-10-33-24)12-22(13-26)25(32)29-18(2)20-6-8-23(9-7-20)31-16-27-15-28-31/h6-9,11-12,15-16,18,24H,4-5,10,14H2,1-3H3,(H,29,32)/b22-12+. The number of aromatic nitrogens is 4. The molecule has 0 aliphatic carbocycles. The number of ether oxygens (including phenoxy) is 1. The Balaban J connectivity index is 1.46. The van der Waals surface area contributed by atoms with Gasteiger partial charge in [0, 0.05) is 24.5 Å². The molecule has 2 unspecified atom stereocenters. The molecule has 1 aliphatic rings. The van der Waals surface area contributed by atoms with Crippen molar-refractivity contribution >= 4 is 12.0 Å². The lowest BCUT2D eigenvalue weighted by Gasteiger charge is -2.15. The van der Waals surface area contributed by atoms with E-state index in [0.717, 1.165) is 54.2 Å². The van der Waals surface area contributed by atoms with Crippen LogP contribution in [0.25, 0.3) is 11.8 Å². The Morgan fingerprint density at radius 1 is 1.36 bits per heavy atom. The number of aryl methyl sites for hydroxylation is 1. The van der Waals surface area contributed by atoms with Gasteiger partial charge < -0.3 is 14.6 Å². The number of amides is 1. The number of carbonyl (C=O) groups excluding carboxylic acids is 1. The SMILES string of the molecule is Cc1cc(/C=C(\C#N)C(=O)NC(C)c2ccc(-n3cncn3)cc2)c(C)n1CC1CCCO1. The van der Waals surface area contributed by atoms with Crippen LogP contribution in [0.4, 0.5) is 0 Å². The second-order valence-electron chi connectivity index (χ2n) is 8.37. The summed E-state index contributed by atoms with van der Waals surface area (Å²) >= 11 is 0. The molecule has 0 radical (unpaired) electrons. The van der Waals surface area contributed by atoms with Crippen molar-refractivity contribution in [1.29, 1.82) is 5.26 Å². The van der Waals surface area contributed by atoms with E-state index in [9.17, 15) is 10.1 Å². The van der Waals surface area contributed by atoms with Gasteiger partial charge in [0.05, 0.1) is 17.8 Å². The van der Waals surface area contributed by atoms with Gasteiger partial charge in [0.1, 0.15) is 24.3 Å². The quantitative estimate of drug-likeness (QED) is 0.443. The van der Waals surface area contributed by atoms with Gasteiger partial charge in [0.15, 0.2) is 0 Å². The Hall–Kier alpha value is -3.70. The average molecular weight is 445 g/mol. The van der Waals surface area contributed by atoms with E-state index in [1.807, 2.05) is 51.1 Å². The van der Waals surface area contributed by atoms with E-state index in [1.54, 1.807) is 17.1 Å². The molecule has 3 heterocycles. The van der Waals surface area contributed by atoms with Crippen LogP contribution in [-0.4, -0.2) is 37.9 Å². The number of benzene rings is 1. The van der Waals surface area contributed by atoms with Gasteiger partial charge >= 0.3 is 0 Å². The maximum atomic E-state index is 12.8. The summed E-state index contributed by atoms with van der Waals surface area (Å²) in [6.07, 6.45) is 7.16. The molecular formula is C25H28N6O2. The molecule has 1 fully saturated rings. The summed E-state index contributed by atoms with van der Waals surface area (Å²) in [6, 6.07) is 11.5. The largest absolute Gasteiger partial charge is 0.376 e. The number of carbonyl (C=O) groups is 1. The molecule has 170 valence electrons. The predicted octanol–water partition coefficient (Wildman–Crippen LogP) is 3.65. The second-order valence-corrected chi connectivity index (χ2v) is 8.37. The van der Waals surface area contributed by atoms with Crippen LogP contribution in [0.5, 0.6) is 0 Å². The number of hydrogen-bond acceptors (Lipinski definition) is 5. The fourth-order valence-electron chi connectivity index (χ4n) is 4.17. The maximum Gasteiger partial charge on any atom is 0.262 e. The molecule has 2 aromatic heterocycles. The van der Waals surface area contributed by atoms with E-state index in [1.165, 1.54) is 6.33 Å². The first kappa shape index (κ1) is 22.5. The van der Waals surface area contributed by atoms with E-state index < -0.39 is 5.91 Å². The van der Waals surface area contributed by atoms with E-state index in [-0.39, 0.29) is 17.7 Å². The summed E-state index contributed by atoms with van der Waals surface area (Å²) in [5, 5.41) is 16.7. The van der Waals surface area contributed by atoms with Gasteiger partial charge in [0.25, 0.3) is 5.91 Å². The molecule has 3 aromatic rings. The molecule has 2 atom stereocenters. The van der Waals surface area contributed by atoms with Crippen LogP contribution in [0.1, 0.15) is 48.3 Å². The van der Waals surface area contributed by atoms with Gasteiger partial charge in [-0.25, -0.2) is 9.67 Å². The molecule has 1 amide bonds. The molecule has 0 spiro atoms. The monoisotopic (exact) mass is 444 g/mol. The third-order valence-electron chi connectivity index (χ3n) is 6.11. The Morgan fingerprint density at radius 3 is 2.79 bits per heavy atom. The molecule has 0 saturated carbocycles. The highest BCUT2D eigenvalue weighted by Crippen LogP contribution is 2.22. The first-order valence-electron chi connectivity index (χ1n) is 11.1. The van der Waals surface area contributed by atoms with Crippen molar-refractivity contribution in [2.24, 2.45) is 0 Å². The first-order chi connectivity index (χ1) is 16.0. The van der Waals surface area contributed by atoms with Gasteiger partial charge in [-0.3, -0.25) is 4.79 Å². The third-order valence-corrected chi connectivity index (χ3v) is 6.11. The Bertz CT molecular complexity index is 1180. The summed E-state index contributed by atoms with van der Waals surface area (Å²) in [7, 11) is 0. The van der Waals surface area contributed by atoms with Gasteiger partial charge in [-0.2, -0.15) is 10.4 Å². The summed E-state index contributed by atoms with van der Waals surface area (Å²) < 4.78 is 9.64. The smallest absolute Gasteiger partial charge is 0.262 e. The summed E-state index contributed by atoms with van der Waals surface area (Å²) in [4.78, 5) is 16.8. The van der Waals surface area contributed by atoms with Crippen molar-refractivity contribution < 1.29 is 9.53 Å². The second kappa shape index (κ2) is 9.84. The number of nitriles is 1. The third kappa shape index (κ3) is 5.04. The molecule has 1 aromatic carbocycles. The highest BCUT2D eigenvalue weighted by Gasteiger charge is 2.20. The van der Waals surface area contributed by atoms with E-state index >= 15 is 0 Å². The summed E-state index contributed by atoms with van der Waals surface area (Å²) in [5.74, 6) is -0.394. The van der Waals surface area contributed by atoms with E-state index in [4.69, 9.17) is 4.74 Å². The van der Waals surface area contributed by atoms with E-state index in [2.05, 4.69) is 26.0 Å². The molecule has 8 heteroatoms. The molecule has 1 aliphatic heterocycles. The van der Waals surface area contributed by atoms with Gasteiger partial charge in [0.2, 0.25) is 0 Å². The van der Waals surface area contributed by atoms with Crippen molar-refractivity contribution in [3.05, 3.63) is 71.1 Å². The zero-order valence-electron chi connectivity index (χ0n) is 19.2. The highest BCUT2D eigenvalue weighted by molar-refractivity contribution is 6.02. The predicted molar refractivity (Wildman–Crippen MR) is 124 cm³/mol. The van der Waals surface area contributed by atoms with Crippen LogP contribution in [0.2, 0.25) is 0 Å². The lowest BCUT2D eigenvalue weighted by molar-refractivity contribution is -0.117. The van der Waals surface area contributed by atoms with Crippen molar-refractivity contribution in [2.75, 3.05) is 6.61 Å². The van der Waals surface area contributed by atoms with E-state index in [0.29, 0.717) is 0 Å². The normalized spacial score (nSPS) is 17.0. The van der Waals surface area contributed by atoms with Gasteiger partial charge in [-0.05, 0) is 69.0 Å². The van der Waals surface area contributed by atoms with Gasteiger partial charge in [-0.15, -0.1) is 0 Å². The molecular weight excluding hydrogens is 416 g/mol. The minimum Gasteiger partial charge on any atom is -0.376 e. The Labute approximate surface area is 193 Å². The van der Waals surface area contributed by atoms with Gasteiger partial charge in [-0.1, -0.05) is 12.1 Å². The molecule has 1 saturated heterocycles. The number of hydrogen-bond donors (Lipinski definition) is 1. The first-order valence-corrected chi connectivity index (χ1v) is 11.1. The zero-order valence-corrected chi connectivity index (χ0v) is 19.2. The molecule has 4 rings (SSSR count). The molecule has 33 heavy (non-hydrogen) atoms. The minimum absolute atomic E-state index is 0.0819. The van der Waals surface area contributed by atoms with Crippen LogP contribution in [0.3, 0.4) is 0 Å². The van der Waals surface area contributed by atoms with Crippen LogP contribution >= 0.6 is 0 Å². The number of rotatable bonds is 7. The lowest BCUT2D eigenvalue weighted by Crippen LogP contribution is -2.27. The maximum absolute atomic E-state index is 12.8. The highest BCUT2D eigenvalue weighted by atomic mass is 16.5. The Morgan fingerprint density at radius 2 is 2.15 bits per heavy atom. The van der Waals surface area contributed by atoms with Crippen molar-refractivity contribution in [2.45, 2.75) is 52.3 Å². The zero-order chi connectivity index (χ0) is 23.4. The number of nitrogens with zero attached hydrogens (tertiary/aromatic N) is 5. The lowest BCUT2D eigenvalue weighted by atomic mass is 10.1. The van der Waals surface area contributed by atoms with Crippen molar-refractivity contribution in [3.63, 3.8) is 0 Å². The van der Waals surface area contributed by atoms with Crippen LogP contribution in [0, 0.1) is 25.2 Å². The average Bonchev–Trinajstić information content (AvgIpc) is 3.58. The topological polar surface area (TPSA) is 97.8 Å². The fourth-order valence-corrected chi connectivity index (χ4v) is 4.17. The molecule has 8 nitrogen and oxygen atoms in total. The number of nitrogens with one attached hydrogen (secondary N) is 1. The molecule has 1 N–H and O–H groups in total. The molecule has 0 bridgehead atoms. The van der Waals surface area contributed by atoms with Crippen LogP contribution in [0.15, 0.2) is 48.6 Å². The van der Waals surface area contributed by atoms with Crippen molar-refractivity contribution in [1.82, 2.24) is 24.6 Å². The summed E-state index contributed by atoms with van der Waals surface area (Å²) in [5.41, 5.74) is 4.89. The Kier molecular flexibility index (Phi) is 6.71. The van der Waals surface area contributed by atoms with Crippen LogP contribution < -0.4 is 5.32 Å². The minimum atomic E-state index is -0.394. The van der Waals surface area contributed by atoms with Crippen LogP contribution in [-0.2, 0) is 16.1 Å². The summed E-state index contributed by atoms with van der Waals surface area (Å²) in [6.45, 7) is 7.55. The fraction of sp³-hybridized carbons (Fsp3) is 0.360.